The van der Waals surface area contributed by atoms with E-state index in [1.54, 1.807) is 0 Å². The smallest absolute Gasteiger partial charge is 0.0471 e. The van der Waals surface area contributed by atoms with Crippen LogP contribution in [0.25, 0.3) is 0 Å². The summed E-state index contributed by atoms with van der Waals surface area (Å²) in [7, 11) is 4.29. The molecular formula is C15H34N4. The first-order valence-corrected chi connectivity index (χ1v) is 7.79. The van der Waals surface area contributed by atoms with Gasteiger partial charge in [-0.15, -0.1) is 0 Å². The van der Waals surface area contributed by atoms with E-state index in [4.69, 9.17) is 5.73 Å². The van der Waals surface area contributed by atoms with E-state index in [9.17, 15) is 0 Å². The molecule has 1 saturated heterocycles. The Hall–Kier alpha value is -0.160. The lowest BCUT2D eigenvalue weighted by Gasteiger charge is -2.41. The fourth-order valence-corrected chi connectivity index (χ4v) is 3.06. The Labute approximate surface area is 119 Å². The van der Waals surface area contributed by atoms with E-state index in [0.717, 1.165) is 32.7 Å². The Morgan fingerprint density at radius 1 is 1.21 bits per heavy atom. The van der Waals surface area contributed by atoms with Crippen molar-refractivity contribution in [3.05, 3.63) is 0 Å². The van der Waals surface area contributed by atoms with Crippen LogP contribution in [0.2, 0.25) is 0 Å². The van der Waals surface area contributed by atoms with E-state index in [2.05, 4.69) is 49.6 Å². The first-order valence-electron chi connectivity index (χ1n) is 7.79. The van der Waals surface area contributed by atoms with Gasteiger partial charge in [0.1, 0.15) is 0 Å². The largest absolute Gasteiger partial charge is 0.329 e. The third kappa shape index (κ3) is 4.42. The van der Waals surface area contributed by atoms with Gasteiger partial charge in [-0.25, -0.2) is 0 Å². The van der Waals surface area contributed by atoms with Crippen molar-refractivity contribution in [1.29, 1.82) is 0 Å². The van der Waals surface area contributed by atoms with Crippen LogP contribution in [0.1, 0.15) is 33.6 Å². The van der Waals surface area contributed by atoms with Crippen LogP contribution in [0.15, 0.2) is 0 Å². The van der Waals surface area contributed by atoms with E-state index in [-0.39, 0.29) is 5.54 Å². The van der Waals surface area contributed by atoms with Gasteiger partial charge in [0.2, 0.25) is 0 Å². The van der Waals surface area contributed by atoms with Gasteiger partial charge in [-0.05, 0) is 47.3 Å². The van der Waals surface area contributed by atoms with Gasteiger partial charge in [-0.1, -0.05) is 6.92 Å². The standard InChI is InChI=1S/C15H34N4/c1-6-8-19(11-10-17(4)5)15(12-16)7-9-18(13-15)14(2)3/h14H,6-13,16H2,1-5H3. The average molecular weight is 270 g/mol. The highest BCUT2D eigenvalue weighted by Crippen LogP contribution is 2.28. The number of rotatable bonds is 8. The SMILES string of the molecule is CCCN(CCN(C)C)C1(CN)CCN(C(C)C)C1. The molecular weight excluding hydrogens is 236 g/mol. The zero-order valence-electron chi connectivity index (χ0n) is 13.7. The lowest BCUT2D eigenvalue weighted by Crippen LogP contribution is -2.57. The second-order valence-corrected chi connectivity index (χ2v) is 6.53. The maximum absolute atomic E-state index is 6.19. The van der Waals surface area contributed by atoms with Crippen molar-refractivity contribution >= 4 is 0 Å². The number of likely N-dealkylation sites (N-methyl/N-ethyl adjacent to an activating group) is 1. The van der Waals surface area contributed by atoms with Gasteiger partial charge in [0.05, 0.1) is 0 Å². The molecule has 1 unspecified atom stereocenters. The quantitative estimate of drug-likeness (QED) is 0.716. The van der Waals surface area contributed by atoms with Crippen molar-refractivity contribution in [1.82, 2.24) is 14.7 Å². The third-order valence-electron chi connectivity index (χ3n) is 4.45. The zero-order chi connectivity index (χ0) is 14.5. The fourth-order valence-electron chi connectivity index (χ4n) is 3.06. The van der Waals surface area contributed by atoms with Crippen molar-refractivity contribution in [2.75, 3.05) is 53.4 Å². The summed E-state index contributed by atoms with van der Waals surface area (Å²) in [6.07, 6.45) is 2.42. The molecule has 1 heterocycles. The highest BCUT2D eigenvalue weighted by Gasteiger charge is 2.41. The maximum atomic E-state index is 6.19. The third-order valence-corrected chi connectivity index (χ3v) is 4.45. The number of hydrogen-bond acceptors (Lipinski definition) is 4. The Bertz CT molecular complexity index is 255. The second-order valence-electron chi connectivity index (χ2n) is 6.53. The molecule has 0 aliphatic carbocycles. The second kappa shape index (κ2) is 7.58. The van der Waals surface area contributed by atoms with Gasteiger partial charge < -0.3 is 10.6 Å². The van der Waals surface area contributed by atoms with E-state index in [0.29, 0.717) is 6.04 Å². The molecule has 4 heteroatoms. The molecule has 0 aromatic carbocycles. The minimum atomic E-state index is 0.205. The van der Waals surface area contributed by atoms with Crippen molar-refractivity contribution in [3.63, 3.8) is 0 Å². The molecule has 1 rings (SSSR count). The van der Waals surface area contributed by atoms with Crippen molar-refractivity contribution < 1.29 is 0 Å². The van der Waals surface area contributed by atoms with Gasteiger partial charge in [-0.2, -0.15) is 0 Å². The minimum absolute atomic E-state index is 0.205. The molecule has 1 aliphatic heterocycles. The number of nitrogens with zero attached hydrogens (tertiary/aromatic N) is 3. The van der Waals surface area contributed by atoms with E-state index >= 15 is 0 Å². The number of likely N-dealkylation sites (tertiary alicyclic amines) is 1. The lowest BCUT2D eigenvalue weighted by molar-refractivity contribution is 0.0862. The first kappa shape index (κ1) is 16.9. The summed E-state index contributed by atoms with van der Waals surface area (Å²) in [5, 5.41) is 0. The van der Waals surface area contributed by atoms with Gasteiger partial charge in [-0.3, -0.25) is 9.80 Å². The van der Waals surface area contributed by atoms with E-state index in [1.165, 1.54) is 19.4 Å². The molecule has 4 nitrogen and oxygen atoms in total. The van der Waals surface area contributed by atoms with Crippen LogP contribution >= 0.6 is 0 Å². The summed E-state index contributed by atoms with van der Waals surface area (Å²) in [4.78, 5) is 7.49. The highest BCUT2D eigenvalue weighted by atomic mass is 15.3. The summed E-state index contributed by atoms with van der Waals surface area (Å²) in [6, 6.07) is 0.630. The fraction of sp³-hybridized carbons (Fsp3) is 1.00. The molecule has 1 atom stereocenters. The minimum Gasteiger partial charge on any atom is -0.329 e. The van der Waals surface area contributed by atoms with Crippen LogP contribution < -0.4 is 5.73 Å². The Morgan fingerprint density at radius 2 is 1.89 bits per heavy atom. The predicted molar refractivity (Wildman–Crippen MR) is 83.5 cm³/mol. The van der Waals surface area contributed by atoms with E-state index < -0.39 is 0 Å². The molecule has 0 saturated carbocycles. The monoisotopic (exact) mass is 270 g/mol. The molecule has 1 aliphatic rings. The molecule has 2 N–H and O–H groups in total. The highest BCUT2D eigenvalue weighted by molar-refractivity contribution is 5.00. The first-order chi connectivity index (χ1) is 8.95. The van der Waals surface area contributed by atoms with Crippen LogP contribution in [-0.2, 0) is 0 Å². The van der Waals surface area contributed by atoms with Crippen molar-refractivity contribution in [2.24, 2.45) is 5.73 Å². The molecule has 19 heavy (non-hydrogen) atoms. The lowest BCUT2D eigenvalue weighted by atomic mass is 9.95. The maximum Gasteiger partial charge on any atom is 0.0471 e. The average Bonchev–Trinajstić information content (AvgIpc) is 2.80. The zero-order valence-corrected chi connectivity index (χ0v) is 13.7. The molecule has 0 aromatic heterocycles. The summed E-state index contributed by atoms with van der Waals surface area (Å²) in [5.74, 6) is 0. The molecule has 1 fully saturated rings. The number of nitrogens with two attached hydrogens (primary N) is 1. The Morgan fingerprint density at radius 3 is 2.32 bits per heavy atom. The van der Waals surface area contributed by atoms with Crippen molar-refractivity contribution in [3.8, 4) is 0 Å². The summed E-state index contributed by atoms with van der Waals surface area (Å²) in [6.45, 7) is 13.4. The summed E-state index contributed by atoms with van der Waals surface area (Å²) >= 11 is 0. The molecule has 0 bridgehead atoms. The molecule has 114 valence electrons. The van der Waals surface area contributed by atoms with Crippen molar-refractivity contribution in [2.45, 2.75) is 45.2 Å². The molecule has 0 amide bonds. The van der Waals surface area contributed by atoms with Gasteiger partial charge >= 0.3 is 0 Å². The number of hydrogen-bond donors (Lipinski definition) is 1. The van der Waals surface area contributed by atoms with E-state index in [1.807, 2.05) is 0 Å². The Balaban J connectivity index is 2.72. The molecule has 0 spiro atoms. The Kier molecular flexibility index (Phi) is 6.74. The molecule has 0 aromatic rings. The van der Waals surface area contributed by atoms with Gasteiger partial charge in [0, 0.05) is 44.3 Å². The van der Waals surface area contributed by atoms with Crippen LogP contribution in [0.3, 0.4) is 0 Å². The summed E-state index contributed by atoms with van der Waals surface area (Å²) < 4.78 is 0. The van der Waals surface area contributed by atoms with Crippen LogP contribution in [0, 0.1) is 0 Å². The van der Waals surface area contributed by atoms with Crippen LogP contribution in [0.4, 0.5) is 0 Å². The predicted octanol–water partition coefficient (Wildman–Crippen LogP) is 1.07. The summed E-state index contributed by atoms with van der Waals surface area (Å²) in [5.41, 5.74) is 6.39. The topological polar surface area (TPSA) is 35.7 Å². The van der Waals surface area contributed by atoms with Crippen LogP contribution in [-0.4, -0.2) is 79.6 Å². The normalized spacial score (nSPS) is 25.1. The van der Waals surface area contributed by atoms with Crippen LogP contribution in [0.5, 0.6) is 0 Å². The van der Waals surface area contributed by atoms with Gasteiger partial charge in [0.15, 0.2) is 0 Å². The molecule has 0 radical (unpaired) electrons. The van der Waals surface area contributed by atoms with Gasteiger partial charge in [0.25, 0.3) is 0 Å².